The van der Waals surface area contributed by atoms with Gasteiger partial charge in [0.05, 0.1) is 5.69 Å². The number of carbonyl (C=O) groups is 1. The van der Waals surface area contributed by atoms with Crippen LogP contribution in [0.2, 0.25) is 0 Å². The average Bonchev–Trinajstić information content (AvgIpc) is 3.23. The van der Waals surface area contributed by atoms with Crippen LogP contribution in [0.1, 0.15) is 22.8 Å². The third-order valence-corrected chi connectivity index (χ3v) is 5.39. The lowest BCUT2D eigenvalue weighted by Crippen LogP contribution is -2.00. The molecular weight excluding hydrogens is 378 g/mol. The number of hydrogen-bond donors (Lipinski definition) is 2. The van der Waals surface area contributed by atoms with Crippen molar-refractivity contribution in [2.75, 3.05) is 0 Å². The van der Waals surface area contributed by atoms with Crippen LogP contribution in [0, 0.1) is 0 Å². The smallest absolute Gasteiger partial charge is 0.235 e. The molecule has 0 atom stereocenters. The van der Waals surface area contributed by atoms with Gasteiger partial charge in [0.2, 0.25) is 5.78 Å². The van der Waals surface area contributed by atoms with Crippen LogP contribution in [-0.4, -0.2) is 20.6 Å². The molecular formula is C25H19NO4. The molecule has 5 nitrogen and oxygen atoms in total. The number of Topliss-reactive ketones (excluding diaryl/α,β-unsaturated/α-hetero) is 1. The normalized spacial score (nSPS) is 14.3. The molecule has 0 saturated heterocycles. The highest BCUT2D eigenvalue weighted by Crippen LogP contribution is 2.42. The summed E-state index contributed by atoms with van der Waals surface area (Å²) in [7, 11) is 0. The summed E-state index contributed by atoms with van der Waals surface area (Å²) in [5.41, 5.74) is 4.03. The Morgan fingerprint density at radius 1 is 1.00 bits per heavy atom. The van der Waals surface area contributed by atoms with E-state index >= 15 is 0 Å². The highest BCUT2D eigenvalue weighted by atomic mass is 16.5. The van der Waals surface area contributed by atoms with Crippen molar-refractivity contribution < 1.29 is 19.7 Å². The Labute approximate surface area is 173 Å². The Balaban J connectivity index is 1.76. The van der Waals surface area contributed by atoms with Gasteiger partial charge in [0, 0.05) is 35.1 Å². The molecule has 1 aliphatic rings. The third kappa shape index (κ3) is 2.67. The van der Waals surface area contributed by atoms with Crippen molar-refractivity contribution in [3.05, 3.63) is 83.6 Å². The monoisotopic (exact) mass is 397 g/mol. The van der Waals surface area contributed by atoms with Crippen molar-refractivity contribution >= 4 is 22.8 Å². The second-order valence-corrected chi connectivity index (χ2v) is 7.17. The molecule has 0 saturated carbocycles. The Morgan fingerprint density at radius 2 is 1.73 bits per heavy atom. The van der Waals surface area contributed by atoms with Crippen molar-refractivity contribution in [2.24, 2.45) is 0 Å². The van der Waals surface area contributed by atoms with Crippen LogP contribution in [0.4, 0.5) is 0 Å². The number of aryl methyl sites for hydroxylation is 1. The fraction of sp³-hybridized carbons (Fsp3) is 0.0800. The van der Waals surface area contributed by atoms with Crippen LogP contribution >= 0.6 is 0 Å². The van der Waals surface area contributed by atoms with Crippen LogP contribution in [-0.2, 0) is 6.54 Å². The summed E-state index contributed by atoms with van der Waals surface area (Å²) in [5, 5.41) is 20.9. The molecule has 148 valence electrons. The molecule has 3 aromatic carbocycles. The molecule has 30 heavy (non-hydrogen) atoms. The molecule has 0 aliphatic carbocycles. The van der Waals surface area contributed by atoms with Gasteiger partial charge in [0.1, 0.15) is 22.8 Å². The fourth-order valence-corrected chi connectivity index (χ4v) is 4.12. The van der Waals surface area contributed by atoms with E-state index in [2.05, 4.69) is 17.6 Å². The summed E-state index contributed by atoms with van der Waals surface area (Å²) >= 11 is 0. The van der Waals surface area contributed by atoms with Gasteiger partial charge in [0.15, 0.2) is 5.76 Å². The molecule has 0 radical (unpaired) electrons. The number of fused-ring (bicyclic) bond motifs is 2. The van der Waals surface area contributed by atoms with E-state index in [0.717, 1.165) is 40.3 Å². The minimum atomic E-state index is -0.408. The van der Waals surface area contributed by atoms with Gasteiger partial charge < -0.3 is 19.5 Å². The number of ether oxygens (including phenoxy) is 1. The first-order valence-corrected chi connectivity index (χ1v) is 9.75. The third-order valence-electron chi connectivity index (χ3n) is 5.39. The maximum atomic E-state index is 13.0. The standard InChI is InChI=1S/C25H19NO4/c1-2-26-19-11-7-6-10-17(19)18(24(26)15-8-4-3-5-9-15)14-22-25(29)23-20(28)12-16(27)13-21(23)30-22/h3-14,27-28H,2H2,1H3. The first kappa shape index (κ1) is 18.1. The number of phenols is 2. The fourth-order valence-electron chi connectivity index (χ4n) is 4.12. The lowest BCUT2D eigenvalue weighted by atomic mass is 10.0. The zero-order valence-corrected chi connectivity index (χ0v) is 16.3. The van der Waals surface area contributed by atoms with Gasteiger partial charge in [-0.15, -0.1) is 0 Å². The molecule has 2 N–H and O–H groups in total. The number of benzene rings is 3. The van der Waals surface area contributed by atoms with E-state index in [-0.39, 0.29) is 28.6 Å². The summed E-state index contributed by atoms with van der Waals surface area (Å²) in [6, 6.07) is 20.5. The quantitative estimate of drug-likeness (QED) is 0.457. The average molecular weight is 397 g/mol. The van der Waals surface area contributed by atoms with E-state index in [9.17, 15) is 15.0 Å². The van der Waals surface area contributed by atoms with E-state index in [1.54, 1.807) is 6.08 Å². The minimum Gasteiger partial charge on any atom is -0.508 e. The van der Waals surface area contributed by atoms with Crippen molar-refractivity contribution in [3.63, 3.8) is 0 Å². The maximum absolute atomic E-state index is 13.0. The molecule has 5 heteroatoms. The Hall–Kier alpha value is -3.99. The zero-order valence-electron chi connectivity index (χ0n) is 16.3. The number of rotatable bonds is 3. The number of aromatic nitrogens is 1. The summed E-state index contributed by atoms with van der Waals surface area (Å²) in [6.45, 7) is 2.85. The first-order valence-electron chi connectivity index (χ1n) is 9.75. The van der Waals surface area contributed by atoms with E-state index in [1.165, 1.54) is 6.07 Å². The van der Waals surface area contributed by atoms with Crippen LogP contribution in [0.25, 0.3) is 28.2 Å². The van der Waals surface area contributed by atoms with Gasteiger partial charge in [-0.25, -0.2) is 0 Å². The molecule has 1 aliphatic heterocycles. The number of nitrogens with zero attached hydrogens (tertiary/aromatic N) is 1. The Kier molecular flexibility index (Phi) is 4.10. The zero-order chi connectivity index (χ0) is 20.8. The molecule has 0 fully saturated rings. The van der Waals surface area contributed by atoms with E-state index < -0.39 is 5.78 Å². The summed E-state index contributed by atoms with van der Waals surface area (Å²) in [4.78, 5) is 13.0. The molecule has 1 aromatic heterocycles. The lowest BCUT2D eigenvalue weighted by Gasteiger charge is -2.09. The molecule has 0 unspecified atom stereocenters. The predicted molar refractivity (Wildman–Crippen MR) is 116 cm³/mol. The van der Waals surface area contributed by atoms with Gasteiger partial charge in [-0.3, -0.25) is 4.79 Å². The minimum absolute atomic E-state index is 0.0690. The molecule has 2 heterocycles. The number of hydrogen-bond acceptors (Lipinski definition) is 4. The lowest BCUT2D eigenvalue weighted by molar-refractivity contribution is 0.101. The number of allylic oxidation sites excluding steroid dienone is 1. The van der Waals surface area contributed by atoms with E-state index in [1.807, 2.05) is 48.5 Å². The summed E-state index contributed by atoms with van der Waals surface area (Å²) in [6.07, 6.45) is 1.73. The second-order valence-electron chi connectivity index (χ2n) is 7.17. The van der Waals surface area contributed by atoms with Gasteiger partial charge in [-0.2, -0.15) is 0 Å². The van der Waals surface area contributed by atoms with Crippen molar-refractivity contribution in [1.29, 1.82) is 0 Å². The summed E-state index contributed by atoms with van der Waals surface area (Å²) < 4.78 is 7.97. The number of para-hydroxylation sites is 1. The number of ketones is 1. The predicted octanol–water partition coefficient (Wildman–Crippen LogP) is 5.36. The molecule has 0 spiro atoms. The van der Waals surface area contributed by atoms with Crippen LogP contribution in [0.3, 0.4) is 0 Å². The van der Waals surface area contributed by atoms with Crippen molar-refractivity contribution in [1.82, 2.24) is 4.57 Å². The molecule has 5 rings (SSSR count). The Bertz CT molecular complexity index is 1330. The molecule has 0 amide bonds. The highest BCUT2D eigenvalue weighted by molar-refractivity contribution is 6.17. The number of aromatic hydroxyl groups is 2. The first-order chi connectivity index (χ1) is 14.6. The van der Waals surface area contributed by atoms with Gasteiger partial charge in [0.25, 0.3) is 0 Å². The van der Waals surface area contributed by atoms with Crippen LogP contribution in [0.5, 0.6) is 17.2 Å². The van der Waals surface area contributed by atoms with Crippen LogP contribution < -0.4 is 4.74 Å². The number of phenolic OH excluding ortho intramolecular Hbond substituents is 2. The van der Waals surface area contributed by atoms with Crippen molar-refractivity contribution in [3.8, 4) is 28.5 Å². The second kappa shape index (κ2) is 6.81. The number of carbonyl (C=O) groups excluding carboxylic acids is 1. The van der Waals surface area contributed by atoms with Crippen molar-refractivity contribution in [2.45, 2.75) is 13.5 Å². The van der Waals surface area contributed by atoms with Crippen LogP contribution in [0.15, 0.2) is 72.5 Å². The largest absolute Gasteiger partial charge is 0.508 e. The van der Waals surface area contributed by atoms with E-state index in [4.69, 9.17) is 4.74 Å². The van der Waals surface area contributed by atoms with Gasteiger partial charge in [-0.1, -0.05) is 48.5 Å². The molecule has 0 bridgehead atoms. The van der Waals surface area contributed by atoms with Gasteiger partial charge >= 0.3 is 0 Å². The summed E-state index contributed by atoms with van der Waals surface area (Å²) in [5.74, 6) is -0.591. The van der Waals surface area contributed by atoms with Gasteiger partial charge in [-0.05, 0) is 24.6 Å². The molecule has 4 aromatic rings. The van der Waals surface area contributed by atoms with E-state index in [0.29, 0.717) is 0 Å². The Morgan fingerprint density at radius 3 is 2.50 bits per heavy atom. The maximum Gasteiger partial charge on any atom is 0.235 e. The highest BCUT2D eigenvalue weighted by Gasteiger charge is 2.32. The SMILES string of the molecule is CCn1c(-c2ccccc2)c(C=C2Oc3cc(O)cc(O)c3C2=O)c2ccccc21. The topological polar surface area (TPSA) is 71.7 Å².